The molecule has 19 nitrogen and oxygen atoms in total. The van der Waals surface area contributed by atoms with Gasteiger partial charge >= 0.3 is 30.4 Å². The number of pyridine rings is 2. The lowest BCUT2D eigenvalue weighted by Gasteiger charge is -2.45. The Balaban J connectivity index is 0.000000207. The van der Waals surface area contributed by atoms with E-state index in [0.29, 0.717) is 41.9 Å². The standard InChI is InChI=1S/C18H18F3N7O2.C16H16N6O3.C2H4F3N.ClH/c19-18(20,21)10-24-16(29)14-23-8-12-15(26-14)28(11-4-3-7-27(12)9-11)17(30)25-13-5-1-2-6-22-13;23-15(24)13-18-8-11-14(20-13)22(10-4-3-7-21(11)9-10)16(25)19-12-5-1-2-6-17-12;3-2(4,5)1-6;/h1-2,5-6,8,11H,3-4,7,9-10H2,(H,24,29)(H,22,25,30);1-2,5-6,8,10H,3-4,7,9H2,(H,23,24)(H,17,19,25);1,6H2;1H/t11-;10-;;/m00../s1. The Morgan fingerprint density at radius 1 is 0.710 bits per heavy atom. The molecule has 62 heavy (non-hydrogen) atoms. The first-order valence-corrected chi connectivity index (χ1v) is 18.6. The van der Waals surface area contributed by atoms with Crippen molar-refractivity contribution in [3.63, 3.8) is 0 Å². The molecule has 8 rings (SSSR count). The van der Waals surface area contributed by atoms with Crippen molar-refractivity contribution in [1.29, 1.82) is 0 Å². The number of aromatic carboxylic acids is 1. The van der Waals surface area contributed by atoms with Crippen LogP contribution < -0.4 is 41.3 Å². The van der Waals surface area contributed by atoms with Crippen molar-refractivity contribution >= 4 is 71.0 Å². The Morgan fingerprint density at radius 2 is 1.16 bits per heavy atom. The van der Waals surface area contributed by atoms with E-state index in [1.807, 2.05) is 4.90 Å². The number of anilines is 6. The number of fused-ring (bicyclic) bond motifs is 8. The summed E-state index contributed by atoms with van der Waals surface area (Å²) in [5.41, 5.74) is 5.41. The van der Waals surface area contributed by atoms with Gasteiger partial charge in [-0.25, -0.2) is 44.3 Å². The second-order valence-electron chi connectivity index (χ2n) is 13.7. The molecule has 2 saturated heterocycles. The van der Waals surface area contributed by atoms with E-state index in [9.17, 15) is 50.6 Å². The van der Waals surface area contributed by atoms with E-state index in [1.165, 1.54) is 28.4 Å². The van der Waals surface area contributed by atoms with Gasteiger partial charge in [0.15, 0.2) is 11.6 Å². The quantitative estimate of drug-likeness (QED) is 0.171. The number of urea groups is 2. The molecule has 4 aromatic rings. The number of carboxylic acid groups (broad SMARTS) is 1. The molecule has 0 saturated carbocycles. The molecule has 0 unspecified atom stereocenters. The van der Waals surface area contributed by atoms with Crippen molar-refractivity contribution in [2.45, 2.75) is 50.1 Å². The number of nitrogens with zero attached hydrogens (tertiary/aromatic N) is 10. The lowest BCUT2D eigenvalue weighted by Crippen LogP contribution is -2.56. The molecule has 2 fully saturated rings. The second kappa shape index (κ2) is 19.8. The highest BCUT2D eigenvalue weighted by atomic mass is 35.5. The van der Waals surface area contributed by atoms with Gasteiger partial charge in [-0.15, -0.1) is 12.4 Å². The number of carbonyl (C=O) groups is 4. The van der Waals surface area contributed by atoms with Gasteiger partial charge < -0.3 is 26.0 Å². The summed E-state index contributed by atoms with van der Waals surface area (Å²) >= 11 is 0. The molecule has 8 heterocycles. The van der Waals surface area contributed by atoms with E-state index < -0.39 is 49.2 Å². The number of halogens is 7. The Labute approximate surface area is 354 Å². The highest BCUT2D eigenvalue weighted by Gasteiger charge is 2.41. The first-order valence-electron chi connectivity index (χ1n) is 18.6. The van der Waals surface area contributed by atoms with Gasteiger partial charge in [0.1, 0.15) is 18.2 Å². The predicted octanol–water partition coefficient (Wildman–Crippen LogP) is 4.70. The van der Waals surface area contributed by atoms with Crippen molar-refractivity contribution in [3.05, 3.63) is 72.8 Å². The molecular formula is C36H39ClF6N14O5. The summed E-state index contributed by atoms with van der Waals surface area (Å²) in [4.78, 5) is 80.6. The van der Waals surface area contributed by atoms with E-state index in [0.717, 1.165) is 38.8 Å². The van der Waals surface area contributed by atoms with E-state index in [-0.39, 0.29) is 42.2 Å². The third-order valence-corrected chi connectivity index (χ3v) is 9.47. The summed E-state index contributed by atoms with van der Waals surface area (Å²) in [6, 6.07) is 9.17. The van der Waals surface area contributed by atoms with Crippen molar-refractivity contribution in [2.75, 3.05) is 69.5 Å². The van der Waals surface area contributed by atoms with Crippen LogP contribution in [-0.2, 0) is 0 Å². The number of aromatic nitrogens is 6. The van der Waals surface area contributed by atoms with E-state index >= 15 is 0 Å². The maximum Gasteiger partial charge on any atom is 0.405 e. The topological polar surface area (TPSA) is 241 Å². The number of hydrogen-bond acceptors (Lipinski definition) is 13. The zero-order chi connectivity index (χ0) is 43.9. The van der Waals surface area contributed by atoms with Crippen LogP contribution in [0.1, 0.15) is 46.9 Å². The Bertz CT molecular complexity index is 2210. The normalized spacial score (nSPS) is 17.3. The van der Waals surface area contributed by atoms with Gasteiger partial charge in [-0.1, -0.05) is 12.1 Å². The molecule has 4 bridgehead atoms. The molecule has 4 aliphatic heterocycles. The number of nitrogens with one attached hydrogen (secondary N) is 3. The number of amides is 5. The third kappa shape index (κ3) is 11.6. The molecule has 26 heteroatoms. The van der Waals surface area contributed by atoms with E-state index in [1.54, 1.807) is 47.9 Å². The molecule has 6 N–H and O–H groups in total. The van der Waals surface area contributed by atoms with Gasteiger partial charge in [0.2, 0.25) is 11.6 Å². The van der Waals surface area contributed by atoms with Gasteiger partial charge in [-0.3, -0.25) is 25.2 Å². The number of carboxylic acids is 1. The Hall–Kier alpha value is -6.63. The van der Waals surface area contributed by atoms with Gasteiger partial charge in [-0.05, 0) is 49.9 Å². The van der Waals surface area contributed by atoms with Crippen LogP contribution in [0.4, 0.5) is 70.6 Å². The molecule has 0 radical (unpaired) electrons. The Kier molecular flexibility index (Phi) is 14.9. The van der Waals surface area contributed by atoms with Crippen LogP contribution in [0.5, 0.6) is 0 Å². The number of nitrogens with two attached hydrogens (primary N) is 1. The van der Waals surface area contributed by atoms with Gasteiger partial charge in [0, 0.05) is 38.6 Å². The number of hydrogen-bond donors (Lipinski definition) is 5. The van der Waals surface area contributed by atoms with Crippen molar-refractivity contribution in [3.8, 4) is 0 Å². The monoisotopic (exact) mass is 896 g/mol. The van der Waals surface area contributed by atoms with Gasteiger partial charge in [0.25, 0.3) is 5.91 Å². The van der Waals surface area contributed by atoms with Crippen molar-refractivity contribution < 1.29 is 50.6 Å². The summed E-state index contributed by atoms with van der Waals surface area (Å²) in [6.45, 7) is 0.110. The molecular weight excluding hydrogens is 858 g/mol. The molecule has 0 aliphatic carbocycles. The fourth-order valence-corrected chi connectivity index (χ4v) is 6.86. The van der Waals surface area contributed by atoms with Crippen LogP contribution in [-0.4, -0.2) is 123 Å². The fraction of sp³-hybridized carbons (Fsp3) is 0.389. The fourth-order valence-electron chi connectivity index (χ4n) is 6.86. The molecule has 2 atom stereocenters. The molecule has 0 aromatic carbocycles. The third-order valence-electron chi connectivity index (χ3n) is 9.47. The lowest BCUT2D eigenvalue weighted by atomic mass is 10.0. The number of carbonyl (C=O) groups excluding carboxylic acids is 3. The average molecular weight is 897 g/mol. The van der Waals surface area contributed by atoms with Crippen LogP contribution in [0, 0.1) is 0 Å². The van der Waals surface area contributed by atoms with Gasteiger partial charge in [-0.2, -0.15) is 26.3 Å². The van der Waals surface area contributed by atoms with Crippen LogP contribution in [0.25, 0.3) is 0 Å². The van der Waals surface area contributed by atoms with Crippen molar-refractivity contribution in [1.82, 2.24) is 35.2 Å². The zero-order valence-electron chi connectivity index (χ0n) is 32.3. The molecule has 4 aromatic heterocycles. The maximum absolute atomic E-state index is 13.0. The molecule has 5 amide bonds. The number of piperidine rings is 2. The van der Waals surface area contributed by atoms with Gasteiger partial charge in [0.05, 0.1) is 42.4 Å². The first kappa shape index (κ1) is 46.4. The molecule has 332 valence electrons. The summed E-state index contributed by atoms with van der Waals surface area (Å²) in [6.07, 6.45) is 0.593. The minimum atomic E-state index is -4.55. The molecule has 0 spiro atoms. The summed E-state index contributed by atoms with van der Waals surface area (Å²) in [7, 11) is 0. The summed E-state index contributed by atoms with van der Waals surface area (Å²) < 4.78 is 69.2. The largest absolute Gasteiger partial charge is 0.475 e. The predicted molar refractivity (Wildman–Crippen MR) is 214 cm³/mol. The highest BCUT2D eigenvalue weighted by molar-refractivity contribution is 6.05. The Morgan fingerprint density at radius 3 is 1.56 bits per heavy atom. The lowest BCUT2D eigenvalue weighted by molar-refractivity contribution is -0.123. The zero-order valence-corrected chi connectivity index (χ0v) is 33.1. The van der Waals surface area contributed by atoms with Crippen LogP contribution in [0.3, 0.4) is 0 Å². The number of rotatable bonds is 5. The second-order valence-corrected chi connectivity index (χ2v) is 13.7. The highest BCUT2D eigenvalue weighted by Crippen LogP contribution is 2.39. The minimum absolute atomic E-state index is 0. The number of alkyl halides is 6. The van der Waals surface area contributed by atoms with Crippen molar-refractivity contribution in [2.24, 2.45) is 5.73 Å². The smallest absolute Gasteiger partial charge is 0.405 e. The van der Waals surface area contributed by atoms with Crippen LogP contribution >= 0.6 is 12.4 Å². The molecule has 4 aliphatic rings. The first-order chi connectivity index (χ1) is 29.0. The SMILES string of the molecule is Cl.NCC(F)(F)F.O=C(NCC(F)(F)F)c1ncc2c(n1)N(C(=O)Nc1ccccn1)[C@H]1CCCN2C1.O=C(O)c1ncc2c(n1)N(C(=O)Nc1ccccn1)[C@H]1CCCN2C1. The van der Waals surface area contributed by atoms with E-state index in [2.05, 4.69) is 51.2 Å². The van der Waals surface area contributed by atoms with E-state index in [4.69, 9.17) is 0 Å². The summed E-state index contributed by atoms with van der Waals surface area (Å²) in [5.74, 6) is -1.75. The minimum Gasteiger partial charge on any atom is -0.475 e. The van der Waals surface area contributed by atoms with Crippen LogP contribution in [0.2, 0.25) is 0 Å². The maximum atomic E-state index is 13.0. The van der Waals surface area contributed by atoms with Crippen LogP contribution in [0.15, 0.2) is 61.2 Å². The summed E-state index contributed by atoms with van der Waals surface area (Å²) in [5, 5.41) is 16.4. The average Bonchev–Trinajstić information content (AvgIpc) is 3.23.